The van der Waals surface area contributed by atoms with Crippen molar-refractivity contribution >= 4 is 5.69 Å². The van der Waals surface area contributed by atoms with E-state index in [0.29, 0.717) is 38.5 Å². The highest BCUT2D eigenvalue weighted by atomic mass is 16.5. The van der Waals surface area contributed by atoms with E-state index in [2.05, 4.69) is 9.55 Å². The first-order valence-electron chi connectivity index (χ1n) is 8.49. The lowest BCUT2D eigenvalue weighted by atomic mass is 10.1. The number of anilines is 1. The first kappa shape index (κ1) is 17.5. The Kier molecular flexibility index (Phi) is 5.37. The number of imidazole rings is 1. The Balaban J connectivity index is 2.11. The Labute approximate surface area is 147 Å². The van der Waals surface area contributed by atoms with Crippen LogP contribution < -0.4 is 16.6 Å². The van der Waals surface area contributed by atoms with Gasteiger partial charge in [0.25, 0.3) is 0 Å². The summed E-state index contributed by atoms with van der Waals surface area (Å²) >= 11 is 0. The smallest absolute Gasteiger partial charge is 0.0999 e. The van der Waals surface area contributed by atoms with Crippen LogP contribution in [0.4, 0.5) is 5.69 Å². The number of allylic oxidation sites excluding steroid dienone is 1. The van der Waals surface area contributed by atoms with Crippen LogP contribution in [-0.2, 0) is 22.5 Å². The van der Waals surface area contributed by atoms with E-state index < -0.39 is 0 Å². The molecule has 2 heterocycles. The number of ether oxygens (including phenoxy) is 2. The number of para-hydroxylation sites is 2. The number of nitrogens with two attached hydrogens (primary N) is 2. The number of aromatic nitrogens is 2. The number of hydrogen-bond donors (Lipinski definition) is 2. The molecule has 3 rings (SSSR count). The van der Waals surface area contributed by atoms with E-state index in [1.165, 1.54) is 0 Å². The quantitative estimate of drug-likeness (QED) is 0.778. The number of fused-ring (bicyclic) bond motifs is 3. The molecule has 0 spiro atoms. The van der Waals surface area contributed by atoms with E-state index in [0.717, 1.165) is 28.5 Å². The average Bonchev–Trinajstić information content (AvgIpc) is 2.98. The lowest BCUT2D eigenvalue weighted by Crippen LogP contribution is -2.34. The summed E-state index contributed by atoms with van der Waals surface area (Å²) in [7, 11) is 0. The molecule has 0 amide bonds. The molecule has 134 valence electrons. The molecule has 0 radical (unpaired) electrons. The summed E-state index contributed by atoms with van der Waals surface area (Å²) in [4.78, 5) is 4.54. The third-order valence-corrected chi connectivity index (χ3v) is 4.25. The summed E-state index contributed by atoms with van der Waals surface area (Å²) in [6.45, 7) is 5.96. The highest BCUT2D eigenvalue weighted by Gasteiger charge is 2.25. The molecule has 0 bridgehead atoms. The molecule has 0 saturated carbocycles. The highest BCUT2D eigenvalue weighted by molar-refractivity contribution is 5.67. The summed E-state index contributed by atoms with van der Waals surface area (Å²) in [5.74, 6) is 6.43. The van der Waals surface area contributed by atoms with Crippen molar-refractivity contribution in [3.8, 4) is 5.69 Å². The van der Waals surface area contributed by atoms with Gasteiger partial charge in [0.1, 0.15) is 0 Å². The predicted octanol–water partition coefficient (Wildman–Crippen LogP) is 1.85. The molecule has 1 aromatic heterocycles. The van der Waals surface area contributed by atoms with E-state index in [9.17, 15) is 0 Å². The molecule has 2 aromatic rings. The molecule has 7 heteroatoms. The van der Waals surface area contributed by atoms with Gasteiger partial charge in [0.15, 0.2) is 0 Å². The van der Waals surface area contributed by atoms with Crippen molar-refractivity contribution in [2.75, 3.05) is 24.8 Å². The first-order chi connectivity index (χ1) is 12.2. The fourth-order valence-corrected chi connectivity index (χ4v) is 2.95. The Morgan fingerprint density at radius 2 is 1.88 bits per heavy atom. The maximum atomic E-state index is 6.43. The molecule has 0 atom stereocenters. The molecule has 0 fully saturated rings. The second-order valence-corrected chi connectivity index (χ2v) is 5.79. The van der Waals surface area contributed by atoms with Gasteiger partial charge in [0.05, 0.1) is 53.7 Å². The Morgan fingerprint density at radius 1 is 1.16 bits per heavy atom. The van der Waals surface area contributed by atoms with Gasteiger partial charge in [-0.25, -0.2) is 10.8 Å². The first-order valence-corrected chi connectivity index (χ1v) is 8.49. The van der Waals surface area contributed by atoms with Crippen LogP contribution in [0.3, 0.4) is 0 Å². The summed E-state index contributed by atoms with van der Waals surface area (Å²) in [5, 5.41) is 1.65. The maximum absolute atomic E-state index is 6.43. The van der Waals surface area contributed by atoms with Crippen molar-refractivity contribution in [1.82, 2.24) is 9.55 Å². The van der Waals surface area contributed by atoms with Gasteiger partial charge >= 0.3 is 0 Å². The number of hydrogen-bond acceptors (Lipinski definition) is 6. The summed E-state index contributed by atoms with van der Waals surface area (Å²) in [5.41, 5.74) is 11.5. The van der Waals surface area contributed by atoms with Crippen molar-refractivity contribution in [2.24, 2.45) is 11.6 Å². The number of nitrogens with zero attached hydrogens (tertiary/aromatic N) is 3. The zero-order valence-corrected chi connectivity index (χ0v) is 14.7. The minimum absolute atomic E-state index is 0.344. The van der Waals surface area contributed by atoms with E-state index in [-0.39, 0.29) is 0 Å². The Morgan fingerprint density at radius 3 is 2.60 bits per heavy atom. The van der Waals surface area contributed by atoms with Gasteiger partial charge in [0, 0.05) is 19.6 Å². The monoisotopic (exact) mass is 343 g/mol. The van der Waals surface area contributed by atoms with Gasteiger partial charge in [-0.15, -0.1) is 0 Å². The zero-order chi connectivity index (χ0) is 17.8. The van der Waals surface area contributed by atoms with Crippen LogP contribution in [0.15, 0.2) is 42.0 Å². The lowest BCUT2D eigenvalue weighted by molar-refractivity contribution is 0.131. The van der Waals surface area contributed by atoms with Crippen molar-refractivity contribution < 1.29 is 9.47 Å². The third-order valence-electron chi connectivity index (χ3n) is 4.25. The topological polar surface area (TPSA) is 91.6 Å². The van der Waals surface area contributed by atoms with E-state index in [1.807, 2.05) is 44.4 Å². The molecule has 1 aliphatic heterocycles. The molecule has 7 nitrogen and oxygen atoms in total. The zero-order valence-electron chi connectivity index (χ0n) is 14.7. The second kappa shape index (κ2) is 7.69. The standard InChI is InChI=1S/C18H25N5O2/c1-3-24-10-13(19)17-9-18-14(11-25-4-2)21-12-22(18)15-7-5-6-8-16(15)23(17)20/h5-8,12H,3-4,9-11,19-20H2,1-2H3/b17-13-. The van der Waals surface area contributed by atoms with E-state index in [1.54, 1.807) is 5.01 Å². The normalized spacial score (nSPS) is 15.6. The summed E-state index contributed by atoms with van der Waals surface area (Å²) < 4.78 is 13.1. The van der Waals surface area contributed by atoms with Gasteiger partial charge in [-0.1, -0.05) is 12.1 Å². The highest BCUT2D eigenvalue weighted by Crippen LogP contribution is 2.33. The minimum Gasteiger partial charge on any atom is -0.399 e. The molecule has 1 aliphatic rings. The van der Waals surface area contributed by atoms with Gasteiger partial charge < -0.3 is 19.8 Å². The molecule has 1 aromatic carbocycles. The molecule has 4 N–H and O–H groups in total. The van der Waals surface area contributed by atoms with Gasteiger partial charge in [-0.3, -0.25) is 5.01 Å². The SMILES string of the molecule is CCOC/C(N)=C1\Cc2c(COCC)ncn2-c2ccccc2N1N. The largest absolute Gasteiger partial charge is 0.399 e. The van der Waals surface area contributed by atoms with Gasteiger partial charge in [-0.05, 0) is 26.0 Å². The fraction of sp³-hybridized carbons (Fsp3) is 0.389. The van der Waals surface area contributed by atoms with Crippen LogP contribution >= 0.6 is 0 Å². The predicted molar refractivity (Wildman–Crippen MR) is 97.0 cm³/mol. The van der Waals surface area contributed by atoms with Crippen LogP contribution in [0.5, 0.6) is 0 Å². The third kappa shape index (κ3) is 3.39. The van der Waals surface area contributed by atoms with Crippen LogP contribution in [0.1, 0.15) is 25.2 Å². The maximum Gasteiger partial charge on any atom is 0.0999 e. The summed E-state index contributed by atoms with van der Waals surface area (Å²) in [6.07, 6.45) is 2.38. The average molecular weight is 343 g/mol. The molecule has 0 saturated heterocycles. The molecule has 25 heavy (non-hydrogen) atoms. The molecular weight excluding hydrogens is 318 g/mol. The fourth-order valence-electron chi connectivity index (χ4n) is 2.95. The Hall–Kier alpha value is -2.35. The minimum atomic E-state index is 0.344. The van der Waals surface area contributed by atoms with Crippen molar-refractivity contribution in [2.45, 2.75) is 26.9 Å². The van der Waals surface area contributed by atoms with Gasteiger partial charge in [0.2, 0.25) is 0 Å². The summed E-state index contributed by atoms with van der Waals surface area (Å²) in [6, 6.07) is 7.93. The van der Waals surface area contributed by atoms with Crippen LogP contribution in [-0.4, -0.2) is 29.4 Å². The molecule has 0 aliphatic carbocycles. The van der Waals surface area contributed by atoms with Crippen LogP contribution in [0.25, 0.3) is 5.69 Å². The van der Waals surface area contributed by atoms with Crippen LogP contribution in [0.2, 0.25) is 0 Å². The second-order valence-electron chi connectivity index (χ2n) is 5.79. The van der Waals surface area contributed by atoms with E-state index >= 15 is 0 Å². The molecule has 0 unspecified atom stereocenters. The van der Waals surface area contributed by atoms with Gasteiger partial charge in [-0.2, -0.15) is 0 Å². The lowest BCUT2D eigenvalue weighted by Gasteiger charge is -2.23. The molecular formula is C18H25N5O2. The number of rotatable bonds is 6. The number of hydrazine groups is 1. The Bertz CT molecular complexity index is 769. The van der Waals surface area contributed by atoms with Crippen molar-refractivity contribution in [3.05, 3.63) is 53.4 Å². The van der Waals surface area contributed by atoms with Crippen molar-refractivity contribution in [1.29, 1.82) is 0 Å². The van der Waals surface area contributed by atoms with E-state index in [4.69, 9.17) is 21.1 Å². The number of benzene rings is 1. The van der Waals surface area contributed by atoms with Crippen LogP contribution in [0, 0.1) is 0 Å². The van der Waals surface area contributed by atoms with Crippen molar-refractivity contribution in [3.63, 3.8) is 0 Å².